The van der Waals surface area contributed by atoms with Crippen LogP contribution in [0.15, 0.2) is 60.7 Å². The fourth-order valence-electron chi connectivity index (χ4n) is 3.72. The van der Waals surface area contributed by atoms with Gasteiger partial charge in [0.1, 0.15) is 13.2 Å². The van der Waals surface area contributed by atoms with Crippen LogP contribution in [0.5, 0.6) is 11.5 Å². The zero-order chi connectivity index (χ0) is 27.4. The molecule has 10 heteroatoms. The number of esters is 2. The van der Waals surface area contributed by atoms with Gasteiger partial charge in [0, 0.05) is 22.3 Å². The Bertz CT molecular complexity index is 1350. The summed E-state index contributed by atoms with van der Waals surface area (Å²) in [5.74, 6) is -5.03. The minimum Gasteiger partial charge on any atom is -0.486 e. The van der Waals surface area contributed by atoms with Crippen molar-refractivity contribution in [3.8, 4) is 11.5 Å². The van der Waals surface area contributed by atoms with Gasteiger partial charge in [-0.15, -0.1) is 0 Å². The van der Waals surface area contributed by atoms with E-state index in [1.807, 2.05) is 0 Å². The molecule has 0 saturated heterocycles. The highest BCUT2D eigenvalue weighted by Gasteiger charge is 2.31. The normalized spacial score (nSPS) is 11.7. The third-order valence-corrected chi connectivity index (χ3v) is 5.72. The van der Waals surface area contributed by atoms with Gasteiger partial charge in [-0.05, 0) is 36.4 Å². The molecule has 0 bridgehead atoms. The Balaban J connectivity index is 1.70. The molecule has 0 fully saturated rings. The highest BCUT2D eigenvalue weighted by atomic mass is 16.6. The number of ether oxygens (including phenoxy) is 4. The topological polar surface area (TPSA) is 139 Å². The van der Waals surface area contributed by atoms with Gasteiger partial charge in [0.2, 0.25) is 23.1 Å². The fraction of sp³-hybridized carbons (Fsp3) is 0.143. The number of rotatable bonds is 8. The summed E-state index contributed by atoms with van der Waals surface area (Å²) in [5, 5.41) is 0. The minimum atomic E-state index is -1.06. The lowest BCUT2D eigenvalue weighted by molar-refractivity contribution is 0.0592. The number of fused-ring (bicyclic) bond motifs is 1. The van der Waals surface area contributed by atoms with Crippen LogP contribution in [0.25, 0.3) is 0 Å². The van der Waals surface area contributed by atoms with E-state index in [-0.39, 0.29) is 58.1 Å². The van der Waals surface area contributed by atoms with Crippen LogP contribution in [0.1, 0.15) is 62.1 Å². The molecular formula is C28H20O10. The zero-order valence-corrected chi connectivity index (χ0v) is 20.3. The second-order valence-corrected chi connectivity index (χ2v) is 8.00. The van der Waals surface area contributed by atoms with Crippen LogP contribution >= 0.6 is 0 Å². The molecule has 0 saturated carbocycles. The molecule has 1 aliphatic heterocycles. The standard InChI is InChI=1S/C28H20O10/c1-35-27(33)17-7-3-15(4-8-17)23(29)25(31)19-13-21-22(38-12-11-37-21)14-20(19)26(32)24(30)16-5-9-18(10-6-16)28(34)36-2/h3-10,13-14H,11-12H2,1-2H3. The molecule has 0 N–H and O–H groups in total. The lowest BCUT2D eigenvalue weighted by Gasteiger charge is -2.20. The smallest absolute Gasteiger partial charge is 0.337 e. The molecule has 0 unspecified atom stereocenters. The monoisotopic (exact) mass is 516 g/mol. The van der Waals surface area contributed by atoms with Gasteiger partial charge in [0.05, 0.1) is 25.3 Å². The molecule has 10 nitrogen and oxygen atoms in total. The molecule has 0 radical (unpaired) electrons. The second kappa shape index (κ2) is 10.9. The van der Waals surface area contributed by atoms with Gasteiger partial charge >= 0.3 is 11.9 Å². The van der Waals surface area contributed by atoms with E-state index in [1.165, 1.54) is 74.9 Å². The van der Waals surface area contributed by atoms with Crippen molar-refractivity contribution in [1.29, 1.82) is 0 Å². The van der Waals surface area contributed by atoms with E-state index in [1.54, 1.807) is 0 Å². The highest BCUT2D eigenvalue weighted by molar-refractivity contribution is 6.54. The van der Waals surface area contributed by atoms with Gasteiger partial charge in [-0.1, -0.05) is 24.3 Å². The predicted molar refractivity (Wildman–Crippen MR) is 130 cm³/mol. The Hall–Kier alpha value is -5.12. The summed E-state index contributed by atoms with van der Waals surface area (Å²) in [7, 11) is 2.42. The van der Waals surface area contributed by atoms with E-state index in [9.17, 15) is 28.8 Å². The summed E-state index contributed by atoms with van der Waals surface area (Å²) < 4.78 is 20.2. The first-order chi connectivity index (χ1) is 18.2. The van der Waals surface area contributed by atoms with Crippen LogP contribution in [0.2, 0.25) is 0 Å². The summed E-state index contributed by atoms with van der Waals surface area (Å²) >= 11 is 0. The summed E-state index contributed by atoms with van der Waals surface area (Å²) in [6.45, 7) is 0.366. The molecule has 0 aromatic heterocycles. The average molecular weight is 516 g/mol. The van der Waals surface area contributed by atoms with Gasteiger partial charge in [-0.2, -0.15) is 0 Å². The molecule has 0 amide bonds. The minimum absolute atomic E-state index is 0.0410. The molecule has 192 valence electrons. The highest BCUT2D eigenvalue weighted by Crippen LogP contribution is 2.34. The third kappa shape index (κ3) is 5.05. The van der Waals surface area contributed by atoms with Crippen LogP contribution in [0.3, 0.4) is 0 Å². The maximum Gasteiger partial charge on any atom is 0.337 e. The van der Waals surface area contributed by atoms with Crippen LogP contribution in [0.4, 0.5) is 0 Å². The molecule has 3 aromatic rings. The quantitative estimate of drug-likeness (QED) is 0.249. The maximum absolute atomic E-state index is 13.3. The fourth-order valence-corrected chi connectivity index (χ4v) is 3.72. The molecule has 0 spiro atoms. The number of Topliss-reactive ketones (excluding diaryl/α,β-unsaturated/α-hetero) is 4. The summed E-state index contributed by atoms with van der Waals surface area (Å²) in [4.78, 5) is 76.0. The van der Waals surface area contributed by atoms with Crippen LogP contribution < -0.4 is 9.47 Å². The van der Waals surface area contributed by atoms with Crippen molar-refractivity contribution in [2.24, 2.45) is 0 Å². The van der Waals surface area contributed by atoms with Gasteiger partial charge < -0.3 is 18.9 Å². The Morgan fingerprint density at radius 1 is 0.526 bits per heavy atom. The van der Waals surface area contributed by atoms with Crippen molar-refractivity contribution >= 4 is 35.1 Å². The predicted octanol–water partition coefficient (Wildman–Crippen LogP) is 3.16. The van der Waals surface area contributed by atoms with Crippen LogP contribution in [-0.2, 0) is 9.47 Å². The van der Waals surface area contributed by atoms with Gasteiger partial charge in [-0.25, -0.2) is 9.59 Å². The number of benzene rings is 3. The number of hydrogen-bond acceptors (Lipinski definition) is 10. The third-order valence-electron chi connectivity index (χ3n) is 5.72. The van der Waals surface area contributed by atoms with E-state index in [0.29, 0.717) is 0 Å². The first-order valence-electron chi connectivity index (χ1n) is 11.2. The van der Waals surface area contributed by atoms with Crippen molar-refractivity contribution in [1.82, 2.24) is 0 Å². The summed E-state index contributed by atoms with van der Waals surface area (Å²) in [6.07, 6.45) is 0. The SMILES string of the molecule is COC(=O)c1ccc(C(=O)C(=O)c2cc3c(cc2C(=O)C(=O)c2ccc(C(=O)OC)cc2)OCCO3)cc1. The van der Waals surface area contributed by atoms with Crippen molar-refractivity contribution < 1.29 is 47.7 Å². The van der Waals surface area contributed by atoms with Gasteiger partial charge in [-0.3, -0.25) is 19.2 Å². The van der Waals surface area contributed by atoms with Crippen molar-refractivity contribution in [3.63, 3.8) is 0 Å². The number of hydrogen-bond donors (Lipinski definition) is 0. The van der Waals surface area contributed by atoms with E-state index >= 15 is 0 Å². The first kappa shape index (κ1) is 26.0. The van der Waals surface area contributed by atoms with E-state index in [4.69, 9.17) is 9.47 Å². The van der Waals surface area contributed by atoms with Gasteiger partial charge in [0.25, 0.3) is 0 Å². The summed E-state index contributed by atoms with van der Waals surface area (Å²) in [5.41, 5.74) is -0.422. The van der Waals surface area contributed by atoms with Crippen LogP contribution in [0, 0.1) is 0 Å². The second-order valence-electron chi connectivity index (χ2n) is 8.00. The molecule has 4 rings (SSSR count). The molecule has 38 heavy (non-hydrogen) atoms. The van der Waals surface area contributed by atoms with E-state index in [2.05, 4.69) is 9.47 Å². The Morgan fingerprint density at radius 2 is 0.842 bits per heavy atom. The van der Waals surface area contributed by atoms with Crippen molar-refractivity contribution in [2.75, 3.05) is 27.4 Å². The molecule has 0 atom stereocenters. The van der Waals surface area contributed by atoms with Crippen molar-refractivity contribution in [3.05, 3.63) is 94.0 Å². The van der Waals surface area contributed by atoms with E-state index < -0.39 is 35.1 Å². The Kier molecular flexibility index (Phi) is 7.43. The number of ketones is 4. The lowest BCUT2D eigenvalue weighted by atomic mass is 9.91. The molecule has 1 heterocycles. The maximum atomic E-state index is 13.3. The number of methoxy groups -OCH3 is 2. The lowest BCUT2D eigenvalue weighted by Crippen LogP contribution is -2.24. The van der Waals surface area contributed by atoms with E-state index in [0.717, 1.165) is 0 Å². The van der Waals surface area contributed by atoms with Crippen LogP contribution in [-0.4, -0.2) is 62.5 Å². The van der Waals surface area contributed by atoms with Crippen molar-refractivity contribution in [2.45, 2.75) is 0 Å². The molecule has 0 aliphatic carbocycles. The number of carbonyl (C=O) groups is 6. The molecular weight excluding hydrogens is 496 g/mol. The Morgan fingerprint density at radius 3 is 1.16 bits per heavy atom. The average Bonchev–Trinajstić information content (AvgIpc) is 2.98. The number of carbonyl (C=O) groups excluding carboxylic acids is 6. The summed E-state index contributed by atoms with van der Waals surface area (Å²) in [6, 6.07) is 12.8. The molecule has 3 aromatic carbocycles. The Labute approximate surface area is 216 Å². The van der Waals surface area contributed by atoms with Gasteiger partial charge in [0.15, 0.2) is 11.5 Å². The first-order valence-corrected chi connectivity index (χ1v) is 11.2. The largest absolute Gasteiger partial charge is 0.486 e. The molecule has 1 aliphatic rings. The zero-order valence-electron chi connectivity index (χ0n) is 20.3.